The maximum Gasteiger partial charge on any atom is 0.161 e. The molecule has 3 heterocycles. The molecule has 3 rings (SSSR count). The summed E-state index contributed by atoms with van der Waals surface area (Å²) in [4.78, 5) is 6.26. The molecule has 1 fully saturated rings. The molecule has 1 unspecified atom stereocenters. The van der Waals surface area contributed by atoms with Gasteiger partial charge in [0.05, 0.1) is 23.4 Å². The zero-order chi connectivity index (χ0) is 15.0. The van der Waals surface area contributed by atoms with E-state index in [1.54, 1.807) is 29.9 Å². The Bertz CT molecular complexity index is 701. The van der Waals surface area contributed by atoms with Crippen LogP contribution in [-0.4, -0.2) is 38.2 Å². The fraction of sp³-hybridized carbons (Fsp3) is 0.385. The average molecular weight is 305 g/mol. The molecule has 1 aliphatic heterocycles. The first-order valence-electron chi connectivity index (χ1n) is 6.50. The Balaban J connectivity index is 1.69. The molecule has 1 aliphatic rings. The number of aliphatic hydroxyl groups excluding tert-OH is 1. The lowest BCUT2D eigenvalue weighted by Gasteiger charge is -2.39. The topological polar surface area (TPSA) is 90.9 Å². The molecule has 8 heteroatoms. The van der Waals surface area contributed by atoms with Crippen molar-refractivity contribution in [2.45, 2.75) is 19.1 Å². The standard InChI is InChI=1S/C13H13ClN6O/c1-8(21)12-7-20(18-17-12)9-5-19(6-9)13-3-2-10(14)11(4-15)16-13/h2-3,7-9,21H,5-6H2,1H3. The van der Waals surface area contributed by atoms with Crippen molar-refractivity contribution in [1.29, 1.82) is 5.26 Å². The number of nitrogens with zero attached hydrogens (tertiary/aromatic N) is 6. The predicted molar refractivity (Wildman–Crippen MR) is 75.9 cm³/mol. The molecule has 1 saturated heterocycles. The van der Waals surface area contributed by atoms with Gasteiger partial charge in [0.25, 0.3) is 0 Å². The van der Waals surface area contributed by atoms with Crippen LogP contribution in [0.2, 0.25) is 5.02 Å². The highest BCUT2D eigenvalue weighted by atomic mass is 35.5. The molecule has 0 amide bonds. The van der Waals surface area contributed by atoms with Crippen molar-refractivity contribution in [3.8, 4) is 6.07 Å². The molecule has 0 saturated carbocycles. The van der Waals surface area contributed by atoms with E-state index in [0.29, 0.717) is 10.7 Å². The Kier molecular flexibility index (Phi) is 3.49. The molecule has 21 heavy (non-hydrogen) atoms. The van der Waals surface area contributed by atoms with Crippen molar-refractivity contribution in [2.75, 3.05) is 18.0 Å². The fourth-order valence-electron chi connectivity index (χ4n) is 2.16. The molecule has 108 valence electrons. The van der Waals surface area contributed by atoms with E-state index in [1.807, 2.05) is 11.0 Å². The van der Waals surface area contributed by atoms with E-state index in [2.05, 4.69) is 15.3 Å². The van der Waals surface area contributed by atoms with Crippen LogP contribution in [-0.2, 0) is 0 Å². The highest BCUT2D eigenvalue weighted by molar-refractivity contribution is 6.31. The molecule has 0 bridgehead atoms. The molecule has 0 aliphatic carbocycles. The number of aromatic nitrogens is 4. The van der Waals surface area contributed by atoms with Gasteiger partial charge in [0.15, 0.2) is 5.69 Å². The van der Waals surface area contributed by atoms with Gasteiger partial charge in [-0.2, -0.15) is 5.26 Å². The molecule has 0 spiro atoms. The van der Waals surface area contributed by atoms with Crippen molar-refractivity contribution in [3.05, 3.63) is 34.7 Å². The number of nitriles is 1. The van der Waals surface area contributed by atoms with E-state index in [-0.39, 0.29) is 11.7 Å². The first kappa shape index (κ1) is 13.8. The third kappa shape index (κ3) is 2.55. The van der Waals surface area contributed by atoms with Crippen LogP contribution in [0.25, 0.3) is 0 Å². The van der Waals surface area contributed by atoms with Crippen molar-refractivity contribution in [1.82, 2.24) is 20.0 Å². The molecule has 2 aromatic rings. The van der Waals surface area contributed by atoms with E-state index in [4.69, 9.17) is 16.9 Å². The van der Waals surface area contributed by atoms with Crippen molar-refractivity contribution >= 4 is 17.4 Å². The second kappa shape index (κ2) is 5.31. The summed E-state index contributed by atoms with van der Waals surface area (Å²) < 4.78 is 1.75. The van der Waals surface area contributed by atoms with Gasteiger partial charge in [0.1, 0.15) is 17.6 Å². The molecule has 1 N–H and O–H groups in total. The van der Waals surface area contributed by atoms with Gasteiger partial charge in [-0.15, -0.1) is 5.10 Å². The summed E-state index contributed by atoms with van der Waals surface area (Å²) in [5.74, 6) is 0.725. The van der Waals surface area contributed by atoms with Gasteiger partial charge in [-0.3, -0.25) is 0 Å². The number of hydrogen-bond acceptors (Lipinski definition) is 6. The van der Waals surface area contributed by atoms with E-state index >= 15 is 0 Å². The van der Waals surface area contributed by atoms with Crippen LogP contribution >= 0.6 is 11.6 Å². The summed E-state index contributed by atoms with van der Waals surface area (Å²) in [6.45, 7) is 3.10. The lowest BCUT2D eigenvalue weighted by atomic mass is 10.1. The van der Waals surface area contributed by atoms with Crippen LogP contribution in [0.5, 0.6) is 0 Å². The average Bonchev–Trinajstić information content (AvgIpc) is 2.88. The zero-order valence-corrected chi connectivity index (χ0v) is 12.1. The second-order valence-corrected chi connectivity index (χ2v) is 5.38. The minimum Gasteiger partial charge on any atom is -0.387 e. The summed E-state index contributed by atoms with van der Waals surface area (Å²) in [5, 5.41) is 26.7. The summed E-state index contributed by atoms with van der Waals surface area (Å²) in [6.07, 6.45) is 1.13. The van der Waals surface area contributed by atoms with Crippen molar-refractivity contribution < 1.29 is 5.11 Å². The Morgan fingerprint density at radius 1 is 1.48 bits per heavy atom. The molecule has 1 atom stereocenters. The lowest BCUT2D eigenvalue weighted by Crippen LogP contribution is -2.48. The normalized spacial score (nSPS) is 16.4. The van der Waals surface area contributed by atoms with Gasteiger partial charge in [-0.25, -0.2) is 9.67 Å². The number of anilines is 1. The number of rotatable bonds is 3. The largest absolute Gasteiger partial charge is 0.387 e. The molecule has 7 nitrogen and oxygen atoms in total. The summed E-state index contributed by atoms with van der Waals surface area (Å²) in [6, 6.07) is 5.63. The highest BCUT2D eigenvalue weighted by Gasteiger charge is 2.30. The Hall–Kier alpha value is -2.17. The van der Waals surface area contributed by atoms with Gasteiger partial charge < -0.3 is 10.0 Å². The van der Waals surface area contributed by atoms with Crippen LogP contribution in [0.1, 0.15) is 30.5 Å². The van der Waals surface area contributed by atoms with E-state index in [9.17, 15) is 5.11 Å². The number of hydrogen-bond donors (Lipinski definition) is 1. The van der Waals surface area contributed by atoms with Gasteiger partial charge in [-0.1, -0.05) is 16.8 Å². The summed E-state index contributed by atoms with van der Waals surface area (Å²) >= 11 is 5.87. The Labute approximate surface area is 126 Å². The third-order valence-electron chi connectivity index (χ3n) is 3.45. The van der Waals surface area contributed by atoms with Crippen molar-refractivity contribution in [2.24, 2.45) is 0 Å². The monoisotopic (exact) mass is 304 g/mol. The SMILES string of the molecule is CC(O)c1cn(C2CN(c3ccc(Cl)c(C#N)n3)C2)nn1. The first-order chi connectivity index (χ1) is 10.1. The lowest BCUT2D eigenvalue weighted by molar-refractivity contribution is 0.194. The minimum atomic E-state index is -0.619. The van der Waals surface area contributed by atoms with Crippen LogP contribution < -0.4 is 4.90 Å². The van der Waals surface area contributed by atoms with Gasteiger partial charge in [0.2, 0.25) is 0 Å². The summed E-state index contributed by atoms with van der Waals surface area (Å²) in [7, 11) is 0. The van der Waals surface area contributed by atoms with Crippen LogP contribution in [0.4, 0.5) is 5.82 Å². The third-order valence-corrected chi connectivity index (χ3v) is 3.76. The Morgan fingerprint density at radius 2 is 2.24 bits per heavy atom. The van der Waals surface area contributed by atoms with Crippen molar-refractivity contribution in [3.63, 3.8) is 0 Å². The van der Waals surface area contributed by atoms with E-state index in [1.165, 1.54) is 0 Å². The predicted octanol–water partition coefficient (Wildman–Crippen LogP) is 1.31. The van der Waals surface area contributed by atoms with Crippen LogP contribution in [0.3, 0.4) is 0 Å². The van der Waals surface area contributed by atoms with E-state index < -0.39 is 6.10 Å². The van der Waals surface area contributed by atoms with Gasteiger partial charge in [0, 0.05) is 13.1 Å². The molecule has 0 radical (unpaired) electrons. The van der Waals surface area contributed by atoms with Gasteiger partial charge >= 0.3 is 0 Å². The number of pyridine rings is 1. The number of halogens is 1. The Morgan fingerprint density at radius 3 is 2.86 bits per heavy atom. The minimum absolute atomic E-state index is 0.188. The van der Waals surface area contributed by atoms with Crippen LogP contribution in [0.15, 0.2) is 18.3 Å². The first-order valence-corrected chi connectivity index (χ1v) is 6.87. The second-order valence-electron chi connectivity index (χ2n) is 4.97. The fourth-order valence-corrected chi connectivity index (χ4v) is 2.30. The molecule has 2 aromatic heterocycles. The number of aliphatic hydroxyl groups is 1. The van der Waals surface area contributed by atoms with Crippen LogP contribution in [0, 0.1) is 11.3 Å². The smallest absolute Gasteiger partial charge is 0.161 e. The quantitative estimate of drug-likeness (QED) is 0.919. The molecule has 0 aromatic carbocycles. The van der Waals surface area contributed by atoms with E-state index in [0.717, 1.165) is 18.9 Å². The highest BCUT2D eigenvalue weighted by Crippen LogP contribution is 2.28. The van der Waals surface area contributed by atoms with Gasteiger partial charge in [-0.05, 0) is 19.1 Å². The summed E-state index contributed by atoms with van der Waals surface area (Å²) in [5.41, 5.74) is 0.791. The zero-order valence-electron chi connectivity index (χ0n) is 11.3. The molecular formula is C13H13ClN6O. The maximum atomic E-state index is 9.44. The maximum absolute atomic E-state index is 9.44. The molecular weight excluding hydrogens is 292 g/mol.